The van der Waals surface area contributed by atoms with Crippen molar-refractivity contribution in [2.24, 2.45) is 11.8 Å². The molecule has 1 fully saturated rings. The van der Waals surface area contributed by atoms with E-state index in [1.165, 1.54) is 0 Å². The SMILES string of the molecule is O=C(O)C1CCCCC1C(=O)Nc1cccc(OCc2ccccc2)c1. The van der Waals surface area contributed by atoms with Crippen LogP contribution in [0.3, 0.4) is 0 Å². The van der Waals surface area contributed by atoms with Crippen LogP contribution in [0.2, 0.25) is 0 Å². The number of carbonyl (C=O) groups is 2. The quantitative estimate of drug-likeness (QED) is 0.820. The second kappa shape index (κ2) is 8.52. The number of hydrogen-bond acceptors (Lipinski definition) is 3. The number of carbonyl (C=O) groups excluding carboxylic acids is 1. The highest BCUT2D eigenvalue weighted by molar-refractivity contribution is 5.95. The summed E-state index contributed by atoms with van der Waals surface area (Å²) in [6, 6.07) is 17.0. The van der Waals surface area contributed by atoms with E-state index in [2.05, 4.69) is 5.32 Å². The molecule has 1 aliphatic carbocycles. The van der Waals surface area contributed by atoms with Crippen molar-refractivity contribution >= 4 is 17.6 Å². The maximum Gasteiger partial charge on any atom is 0.307 e. The van der Waals surface area contributed by atoms with Crippen molar-refractivity contribution in [1.29, 1.82) is 0 Å². The lowest BCUT2D eigenvalue weighted by Gasteiger charge is -2.27. The van der Waals surface area contributed by atoms with E-state index in [1.54, 1.807) is 12.1 Å². The van der Waals surface area contributed by atoms with E-state index in [-0.39, 0.29) is 5.91 Å². The fourth-order valence-corrected chi connectivity index (χ4v) is 3.38. The molecule has 2 atom stereocenters. The van der Waals surface area contributed by atoms with Crippen molar-refractivity contribution in [2.75, 3.05) is 5.32 Å². The Labute approximate surface area is 153 Å². The predicted octanol–water partition coefficient (Wildman–Crippen LogP) is 4.10. The minimum absolute atomic E-state index is 0.225. The minimum atomic E-state index is -0.884. The van der Waals surface area contributed by atoms with Gasteiger partial charge < -0.3 is 15.2 Å². The molecule has 2 unspecified atom stereocenters. The van der Waals surface area contributed by atoms with Crippen LogP contribution in [0, 0.1) is 11.8 Å². The van der Waals surface area contributed by atoms with Gasteiger partial charge in [-0.15, -0.1) is 0 Å². The van der Waals surface area contributed by atoms with E-state index in [0.29, 0.717) is 30.9 Å². The van der Waals surface area contributed by atoms with Crippen LogP contribution in [0.5, 0.6) is 5.75 Å². The lowest BCUT2D eigenvalue weighted by atomic mass is 9.78. The fraction of sp³-hybridized carbons (Fsp3) is 0.333. The highest BCUT2D eigenvalue weighted by Gasteiger charge is 2.35. The fourth-order valence-electron chi connectivity index (χ4n) is 3.38. The lowest BCUT2D eigenvalue weighted by molar-refractivity contribution is -0.147. The molecule has 0 spiro atoms. The monoisotopic (exact) mass is 353 g/mol. The third-order valence-electron chi connectivity index (χ3n) is 4.77. The number of carboxylic acid groups (broad SMARTS) is 1. The van der Waals surface area contributed by atoms with Crippen LogP contribution in [0.25, 0.3) is 0 Å². The number of benzene rings is 2. The Hall–Kier alpha value is -2.82. The molecule has 2 aromatic rings. The Bertz CT molecular complexity index is 760. The normalized spacial score (nSPS) is 19.5. The average molecular weight is 353 g/mol. The van der Waals surface area contributed by atoms with Gasteiger partial charge in [0.25, 0.3) is 0 Å². The van der Waals surface area contributed by atoms with E-state index < -0.39 is 17.8 Å². The van der Waals surface area contributed by atoms with Gasteiger partial charge >= 0.3 is 5.97 Å². The van der Waals surface area contributed by atoms with Crippen molar-refractivity contribution in [1.82, 2.24) is 0 Å². The van der Waals surface area contributed by atoms with E-state index >= 15 is 0 Å². The standard InChI is InChI=1S/C21H23NO4/c23-20(18-11-4-5-12-19(18)21(24)25)22-16-9-6-10-17(13-16)26-14-15-7-2-1-3-8-15/h1-3,6-10,13,18-19H,4-5,11-12,14H2,(H,22,23)(H,24,25). The summed E-state index contributed by atoms with van der Waals surface area (Å²) in [5, 5.41) is 12.2. The van der Waals surface area contributed by atoms with E-state index in [4.69, 9.17) is 4.74 Å². The molecular weight excluding hydrogens is 330 g/mol. The second-order valence-electron chi connectivity index (χ2n) is 6.63. The summed E-state index contributed by atoms with van der Waals surface area (Å²) in [5.41, 5.74) is 1.68. The number of carboxylic acids is 1. The minimum Gasteiger partial charge on any atom is -0.489 e. The second-order valence-corrected chi connectivity index (χ2v) is 6.63. The van der Waals surface area contributed by atoms with Gasteiger partial charge in [-0.2, -0.15) is 0 Å². The topological polar surface area (TPSA) is 75.6 Å². The van der Waals surface area contributed by atoms with E-state index in [9.17, 15) is 14.7 Å². The molecule has 5 heteroatoms. The van der Waals surface area contributed by atoms with Crippen LogP contribution in [0.4, 0.5) is 5.69 Å². The van der Waals surface area contributed by atoms with Crippen LogP contribution in [0.1, 0.15) is 31.2 Å². The molecule has 3 rings (SSSR count). The van der Waals surface area contributed by atoms with Crippen molar-refractivity contribution < 1.29 is 19.4 Å². The Balaban J connectivity index is 1.62. The number of amides is 1. The third kappa shape index (κ3) is 4.63. The molecule has 1 aliphatic rings. The first-order chi connectivity index (χ1) is 12.6. The molecule has 1 saturated carbocycles. The summed E-state index contributed by atoms with van der Waals surface area (Å²) in [6.45, 7) is 0.446. The summed E-state index contributed by atoms with van der Waals surface area (Å²) in [7, 11) is 0. The Morgan fingerprint density at radius 1 is 1.00 bits per heavy atom. The van der Waals surface area contributed by atoms with Gasteiger partial charge in [-0.05, 0) is 30.5 Å². The Morgan fingerprint density at radius 2 is 1.73 bits per heavy atom. The number of aliphatic carboxylic acids is 1. The van der Waals surface area contributed by atoms with Gasteiger partial charge in [-0.1, -0.05) is 49.2 Å². The van der Waals surface area contributed by atoms with Gasteiger partial charge in [0, 0.05) is 11.8 Å². The molecule has 0 radical (unpaired) electrons. The number of hydrogen-bond donors (Lipinski definition) is 2. The van der Waals surface area contributed by atoms with Gasteiger partial charge in [-0.3, -0.25) is 9.59 Å². The molecule has 136 valence electrons. The molecule has 0 aliphatic heterocycles. The maximum atomic E-state index is 12.6. The summed E-state index contributed by atoms with van der Waals surface area (Å²) < 4.78 is 5.77. The number of anilines is 1. The highest BCUT2D eigenvalue weighted by Crippen LogP contribution is 2.31. The first kappa shape index (κ1) is 18.0. The molecule has 26 heavy (non-hydrogen) atoms. The van der Waals surface area contributed by atoms with E-state index in [0.717, 1.165) is 18.4 Å². The molecule has 0 bridgehead atoms. The first-order valence-electron chi connectivity index (χ1n) is 8.94. The smallest absolute Gasteiger partial charge is 0.307 e. The van der Waals surface area contributed by atoms with Crippen LogP contribution < -0.4 is 10.1 Å². The van der Waals surface area contributed by atoms with Crippen molar-refractivity contribution in [3.63, 3.8) is 0 Å². The molecule has 0 saturated heterocycles. The first-order valence-corrected chi connectivity index (χ1v) is 8.94. The van der Waals surface area contributed by atoms with E-state index in [1.807, 2.05) is 42.5 Å². The summed E-state index contributed by atoms with van der Waals surface area (Å²) in [4.78, 5) is 24.0. The lowest BCUT2D eigenvalue weighted by Crippen LogP contribution is -2.36. The number of ether oxygens (including phenoxy) is 1. The summed E-state index contributed by atoms with van der Waals surface area (Å²) >= 11 is 0. The summed E-state index contributed by atoms with van der Waals surface area (Å²) in [6.07, 6.45) is 2.94. The molecule has 0 heterocycles. The molecular formula is C21H23NO4. The highest BCUT2D eigenvalue weighted by atomic mass is 16.5. The molecule has 5 nitrogen and oxygen atoms in total. The number of rotatable bonds is 6. The Kier molecular flexibility index (Phi) is 5.89. The maximum absolute atomic E-state index is 12.6. The van der Waals surface area contributed by atoms with Gasteiger partial charge in [0.2, 0.25) is 5.91 Å². The van der Waals surface area contributed by atoms with Gasteiger partial charge in [0.05, 0.1) is 11.8 Å². The van der Waals surface area contributed by atoms with Gasteiger partial charge in [0.15, 0.2) is 0 Å². The van der Waals surface area contributed by atoms with Gasteiger partial charge in [-0.25, -0.2) is 0 Å². The zero-order valence-corrected chi connectivity index (χ0v) is 14.6. The zero-order valence-electron chi connectivity index (χ0n) is 14.6. The average Bonchev–Trinajstić information content (AvgIpc) is 2.67. The molecule has 2 aromatic carbocycles. The molecule has 0 aromatic heterocycles. The van der Waals surface area contributed by atoms with Gasteiger partial charge in [0.1, 0.15) is 12.4 Å². The van der Waals surface area contributed by atoms with Crippen LogP contribution in [0.15, 0.2) is 54.6 Å². The van der Waals surface area contributed by atoms with Crippen LogP contribution >= 0.6 is 0 Å². The predicted molar refractivity (Wildman–Crippen MR) is 98.9 cm³/mol. The van der Waals surface area contributed by atoms with Crippen molar-refractivity contribution in [3.8, 4) is 5.75 Å². The van der Waals surface area contributed by atoms with Crippen LogP contribution in [-0.2, 0) is 16.2 Å². The summed E-state index contributed by atoms with van der Waals surface area (Å²) in [5.74, 6) is -1.52. The van der Waals surface area contributed by atoms with Crippen molar-refractivity contribution in [3.05, 3.63) is 60.2 Å². The third-order valence-corrected chi connectivity index (χ3v) is 4.77. The zero-order chi connectivity index (χ0) is 18.4. The molecule has 1 amide bonds. The van der Waals surface area contributed by atoms with Crippen LogP contribution in [-0.4, -0.2) is 17.0 Å². The van der Waals surface area contributed by atoms with Crippen molar-refractivity contribution in [2.45, 2.75) is 32.3 Å². The number of nitrogens with one attached hydrogen (secondary N) is 1. The Morgan fingerprint density at radius 3 is 2.46 bits per heavy atom. The molecule has 2 N–H and O–H groups in total. The largest absolute Gasteiger partial charge is 0.489 e.